The fourth-order valence-corrected chi connectivity index (χ4v) is 9.19. The van der Waals surface area contributed by atoms with E-state index in [-0.39, 0.29) is 5.41 Å². The Labute approximate surface area is 189 Å². The normalized spacial score (nSPS) is 49.5. The highest BCUT2D eigenvalue weighted by molar-refractivity contribution is 5.94. The summed E-state index contributed by atoms with van der Waals surface area (Å²) in [5.74, 6) is 3.98. The van der Waals surface area contributed by atoms with Crippen LogP contribution in [0.4, 0.5) is 0 Å². The van der Waals surface area contributed by atoms with Gasteiger partial charge in [-0.25, -0.2) is 0 Å². The molecule has 4 fully saturated rings. The molecule has 0 aromatic heterocycles. The second-order valence-electron chi connectivity index (χ2n) is 12.8. The highest BCUT2D eigenvalue weighted by Gasteiger charge is 2.67. The van der Waals surface area contributed by atoms with Gasteiger partial charge in [-0.2, -0.15) is 0 Å². The molecule has 4 saturated carbocycles. The largest absolute Gasteiger partial charge is 0.411 e. The molecule has 31 heavy (non-hydrogen) atoms. The average molecular weight is 434 g/mol. The molecular formula is C27H47NO3. The van der Waals surface area contributed by atoms with Gasteiger partial charge >= 0.3 is 0 Å². The summed E-state index contributed by atoms with van der Waals surface area (Å²) in [6, 6.07) is 0. The molecule has 4 nitrogen and oxygen atoms in total. The first-order valence-corrected chi connectivity index (χ1v) is 13.2. The highest BCUT2D eigenvalue weighted by Crippen LogP contribution is 2.68. The maximum Gasteiger partial charge on any atom is 0.114 e. The molecule has 0 aromatic carbocycles. The Morgan fingerprint density at radius 3 is 2.42 bits per heavy atom. The second kappa shape index (κ2) is 8.31. The summed E-state index contributed by atoms with van der Waals surface area (Å²) >= 11 is 0. The number of aliphatic hydroxyl groups excluding tert-OH is 1. The van der Waals surface area contributed by atoms with E-state index in [4.69, 9.17) is 0 Å². The minimum Gasteiger partial charge on any atom is -0.411 e. The van der Waals surface area contributed by atoms with E-state index in [1.54, 1.807) is 0 Å². The predicted octanol–water partition coefficient (Wildman–Crippen LogP) is 6.02. The smallest absolute Gasteiger partial charge is 0.114 e. The van der Waals surface area contributed by atoms with Crippen molar-refractivity contribution >= 4 is 5.71 Å². The summed E-state index contributed by atoms with van der Waals surface area (Å²) < 4.78 is 0. The molecule has 0 heterocycles. The van der Waals surface area contributed by atoms with Gasteiger partial charge in [-0.3, -0.25) is 0 Å². The van der Waals surface area contributed by atoms with Gasteiger partial charge in [-0.1, -0.05) is 59.0 Å². The van der Waals surface area contributed by atoms with Crippen molar-refractivity contribution in [2.75, 3.05) is 0 Å². The summed E-state index contributed by atoms with van der Waals surface area (Å²) in [5, 5.41) is 35.7. The minimum atomic E-state index is -1.16. The number of oxime groups is 1. The van der Waals surface area contributed by atoms with Crippen LogP contribution in [-0.4, -0.2) is 32.8 Å². The van der Waals surface area contributed by atoms with Crippen molar-refractivity contribution in [1.29, 1.82) is 0 Å². The van der Waals surface area contributed by atoms with Gasteiger partial charge < -0.3 is 15.4 Å². The van der Waals surface area contributed by atoms with Gasteiger partial charge in [0.15, 0.2) is 0 Å². The van der Waals surface area contributed by atoms with E-state index in [1.807, 2.05) is 0 Å². The molecule has 0 bridgehead atoms. The van der Waals surface area contributed by atoms with Gasteiger partial charge in [-0.05, 0) is 85.9 Å². The van der Waals surface area contributed by atoms with Gasteiger partial charge in [-0.15, -0.1) is 0 Å². The Morgan fingerprint density at radius 2 is 1.74 bits per heavy atom. The zero-order valence-electron chi connectivity index (χ0n) is 20.6. The quantitative estimate of drug-likeness (QED) is 0.366. The van der Waals surface area contributed by atoms with Crippen LogP contribution in [-0.2, 0) is 0 Å². The van der Waals surface area contributed by atoms with Crippen LogP contribution in [0.2, 0.25) is 0 Å². The molecule has 3 N–H and O–H groups in total. The Morgan fingerprint density at radius 1 is 1.00 bits per heavy atom. The molecule has 4 heteroatoms. The summed E-state index contributed by atoms with van der Waals surface area (Å²) in [6.07, 6.45) is 11.2. The van der Waals surface area contributed by atoms with E-state index in [0.29, 0.717) is 41.7 Å². The zero-order valence-corrected chi connectivity index (χ0v) is 20.6. The van der Waals surface area contributed by atoms with Gasteiger partial charge in [0.05, 0.1) is 11.8 Å². The molecule has 4 rings (SSSR count). The molecule has 0 spiro atoms. The molecule has 0 radical (unpaired) electrons. The van der Waals surface area contributed by atoms with Gasteiger partial charge in [0.1, 0.15) is 5.60 Å². The number of aliphatic hydroxyl groups is 2. The zero-order chi connectivity index (χ0) is 22.6. The van der Waals surface area contributed by atoms with Crippen LogP contribution in [0.1, 0.15) is 105 Å². The topological polar surface area (TPSA) is 73.1 Å². The van der Waals surface area contributed by atoms with Crippen molar-refractivity contribution in [3.8, 4) is 0 Å². The lowest BCUT2D eigenvalue weighted by molar-refractivity contribution is -0.170. The van der Waals surface area contributed by atoms with Crippen molar-refractivity contribution in [3.05, 3.63) is 0 Å². The number of nitrogens with zero attached hydrogens (tertiary/aromatic N) is 1. The monoisotopic (exact) mass is 433 g/mol. The van der Waals surface area contributed by atoms with Crippen molar-refractivity contribution in [1.82, 2.24) is 0 Å². The first kappa shape index (κ1) is 23.5. The number of hydrogen-bond acceptors (Lipinski definition) is 4. The van der Waals surface area contributed by atoms with Crippen molar-refractivity contribution in [3.63, 3.8) is 0 Å². The standard InChI is InChI=1S/C27H47NO3/c1-17(2)7-6-8-18(3)21-9-10-22-20-15-24(28-31)27(30)16-19(29)11-14-26(27,5)23(20)12-13-25(21,22)4/h17-23,29-31H,6-16H2,1-5H3/b28-24-/t18-,19+,20+,21-,22+,23+,25-,26-,27+/m1/s1. The van der Waals surface area contributed by atoms with Crippen molar-refractivity contribution < 1.29 is 15.4 Å². The van der Waals surface area contributed by atoms with Gasteiger partial charge in [0.2, 0.25) is 0 Å². The highest BCUT2D eigenvalue weighted by atomic mass is 16.4. The van der Waals surface area contributed by atoms with Crippen LogP contribution in [0.25, 0.3) is 0 Å². The van der Waals surface area contributed by atoms with E-state index in [1.165, 1.54) is 44.9 Å². The fourth-order valence-electron chi connectivity index (χ4n) is 9.19. The van der Waals surface area contributed by atoms with Crippen LogP contribution < -0.4 is 0 Å². The molecule has 4 aliphatic rings. The summed E-state index contributed by atoms with van der Waals surface area (Å²) in [7, 11) is 0. The molecule has 9 atom stereocenters. The third-order valence-corrected chi connectivity index (χ3v) is 11.0. The molecular weight excluding hydrogens is 386 g/mol. The Balaban J connectivity index is 1.57. The molecule has 4 aliphatic carbocycles. The van der Waals surface area contributed by atoms with E-state index in [9.17, 15) is 15.4 Å². The Bertz CT molecular complexity index is 692. The SMILES string of the molecule is CC(C)CCC[C@@H](C)[C@H]1CC[C@H]2[C@@H]3C/C(=N/O)[C@@]4(O)C[C@@H](O)CC[C@]4(C)[C@H]3CC[C@]12C. The maximum absolute atomic E-state index is 11.8. The molecule has 0 aromatic rings. The molecule has 0 unspecified atom stereocenters. The van der Waals surface area contributed by atoms with E-state index >= 15 is 0 Å². The van der Waals surface area contributed by atoms with Crippen LogP contribution in [0, 0.1) is 46.3 Å². The van der Waals surface area contributed by atoms with Gasteiger partial charge in [0.25, 0.3) is 0 Å². The van der Waals surface area contributed by atoms with Crippen LogP contribution in [0.3, 0.4) is 0 Å². The van der Waals surface area contributed by atoms with E-state index in [0.717, 1.165) is 30.6 Å². The first-order valence-electron chi connectivity index (χ1n) is 13.2. The van der Waals surface area contributed by atoms with Crippen LogP contribution in [0.5, 0.6) is 0 Å². The predicted molar refractivity (Wildman–Crippen MR) is 125 cm³/mol. The lowest BCUT2D eigenvalue weighted by Crippen LogP contribution is -2.67. The summed E-state index contributed by atoms with van der Waals surface area (Å²) in [6.45, 7) is 11.9. The van der Waals surface area contributed by atoms with E-state index in [2.05, 4.69) is 39.8 Å². The summed E-state index contributed by atoms with van der Waals surface area (Å²) in [4.78, 5) is 0. The molecule has 0 amide bonds. The first-order chi connectivity index (χ1) is 14.6. The lowest BCUT2D eigenvalue weighted by atomic mass is 9.42. The third kappa shape index (κ3) is 3.59. The van der Waals surface area contributed by atoms with Gasteiger partial charge in [0, 0.05) is 11.8 Å². The molecule has 0 saturated heterocycles. The fraction of sp³-hybridized carbons (Fsp3) is 0.963. The minimum absolute atomic E-state index is 0.293. The Kier molecular flexibility index (Phi) is 6.31. The molecule has 0 aliphatic heterocycles. The van der Waals surface area contributed by atoms with E-state index < -0.39 is 11.7 Å². The Hall–Kier alpha value is -0.610. The summed E-state index contributed by atoms with van der Waals surface area (Å²) in [5.41, 5.74) is -0.526. The second-order valence-corrected chi connectivity index (χ2v) is 12.8. The molecule has 178 valence electrons. The number of rotatable bonds is 5. The van der Waals surface area contributed by atoms with Crippen molar-refractivity contribution in [2.24, 2.45) is 51.5 Å². The van der Waals surface area contributed by atoms with Crippen molar-refractivity contribution in [2.45, 2.75) is 117 Å². The lowest BCUT2D eigenvalue weighted by Gasteiger charge is -2.63. The maximum atomic E-state index is 11.8. The number of hydrogen-bond donors (Lipinski definition) is 3. The number of fused-ring (bicyclic) bond motifs is 5. The van der Waals surface area contributed by atoms with Crippen LogP contribution in [0.15, 0.2) is 5.16 Å². The third-order valence-electron chi connectivity index (χ3n) is 11.0. The average Bonchev–Trinajstić information content (AvgIpc) is 3.05. The van der Waals surface area contributed by atoms with Crippen LogP contribution >= 0.6 is 0 Å².